The number of allylic oxidation sites excluding steroid dienone is 5. The lowest BCUT2D eigenvalue weighted by Crippen LogP contribution is -2.27. The van der Waals surface area contributed by atoms with E-state index in [-0.39, 0.29) is 0 Å². The molecule has 0 aromatic carbocycles. The van der Waals surface area contributed by atoms with E-state index in [1.54, 1.807) is 0 Å². The predicted molar refractivity (Wildman–Crippen MR) is 334 cm³/mol. The van der Waals surface area contributed by atoms with Gasteiger partial charge < -0.3 is 0 Å². The Hall–Kier alpha value is -1.85. The van der Waals surface area contributed by atoms with Crippen molar-refractivity contribution in [2.45, 2.75) is 272 Å². The van der Waals surface area contributed by atoms with Gasteiger partial charge in [-0.3, -0.25) is 9.98 Å². The molecule has 0 fully saturated rings. The number of nitrogens with zero attached hydrogens (tertiary/aromatic N) is 3. The molecule has 0 unspecified atom stereocenters. The Kier molecular flexibility index (Phi) is 56.0. The van der Waals surface area contributed by atoms with Gasteiger partial charge in [0.25, 0.3) is 0 Å². The molecule has 0 bridgehead atoms. The van der Waals surface area contributed by atoms with Gasteiger partial charge in [0.05, 0.1) is 28.5 Å². The van der Waals surface area contributed by atoms with Gasteiger partial charge in [-0.15, -0.1) is 0 Å². The van der Waals surface area contributed by atoms with Crippen LogP contribution in [0, 0.1) is 0 Å². The predicted octanol–water partition coefficient (Wildman–Crippen LogP) is 22.4. The van der Waals surface area contributed by atoms with Crippen LogP contribution in [0.4, 0.5) is 0 Å². The van der Waals surface area contributed by atoms with Crippen molar-refractivity contribution < 1.29 is 0 Å². The lowest BCUT2D eigenvalue weighted by atomic mass is 10.2. The second kappa shape index (κ2) is 52.5. The molecule has 0 N–H and O–H groups in total. The van der Waals surface area contributed by atoms with Crippen LogP contribution in [-0.2, 0) is 0 Å². The summed E-state index contributed by atoms with van der Waals surface area (Å²) in [5.74, 6) is 10.3. The minimum Gasteiger partial charge on any atom is -0.255 e. The molecule has 69 heavy (non-hydrogen) atoms. The standard InChI is InChI=1S/C56H101N3S2.4C2H6/c1-13-21-27-33-42-60(41-32-26-18-6,43-34-28-22-14-2)47-55(57-51(11)49(9)19-7)53-39-38-40-54(59-53)56(58-52(12)50(10)20-8)48-61(44-35-29-23-15-3,45-36-30-24-16-4)46-37-31-25-17-5;4*1-2/h19-20,38-40H,8,11,13-18,21-37,41-48H2,1-7,9-10,12H3;4*1-2H3/b49-19-,52-50+,57-55?,58-56?;;;;. The summed E-state index contributed by atoms with van der Waals surface area (Å²) < 4.78 is 0. The third-order valence-electron chi connectivity index (χ3n) is 12.9. The van der Waals surface area contributed by atoms with Crippen molar-refractivity contribution in [2.75, 3.05) is 46.0 Å². The molecule has 0 saturated heterocycles. The SMILES string of the molecule is C=C/C(C)=C(\C)N=C(CS(CCCCCC)(CCCCCC)CCCCCC)c1cccc(C(CS(CCCCC)(CCCCCC)CCCCCC)=NC(=C)/C(C)=C\C)n1.CC.CC.CC.CC. The zero-order valence-electron chi connectivity index (χ0n) is 50.4. The zero-order chi connectivity index (χ0) is 53.2. The molecule has 0 aliphatic rings. The van der Waals surface area contributed by atoms with Crippen LogP contribution >= 0.6 is 20.1 Å². The third kappa shape index (κ3) is 35.8. The van der Waals surface area contributed by atoms with E-state index in [9.17, 15) is 0 Å². The van der Waals surface area contributed by atoms with E-state index in [0.717, 1.165) is 51.1 Å². The number of aliphatic imine (C=N–C) groups is 2. The molecule has 0 atom stereocenters. The smallest absolute Gasteiger partial charge is 0.0860 e. The molecule has 1 aromatic rings. The first kappa shape index (κ1) is 73.7. The Morgan fingerprint density at radius 1 is 0.478 bits per heavy atom. The topological polar surface area (TPSA) is 37.6 Å². The average molecular weight is 1000 g/mol. The highest BCUT2D eigenvalue weighted by atomic mass is 32.3. The molecule has 0 aliphatic heterocycles. The highest BCUT2D eigenvalue weighted by Crippen LogP contribution is 2.53. The summed E-state index contributed by atoms with van der Waals surface area (Å²) in [4.78, 5) is 16.8. The number of rotatable bonds is 39. The van der Waals surface area contributed by atoms with E-state index >= 15 is 0 Å². The van der Waals surface area contributed by atoms with Gasteiger partial charge in [0, 0.05) is 17.2 Å². The van der Waals surface area contributed by atoms with Crippen LogP contribution in [0.3, 0.4) is 0 Å². The van der Waals surface area contributed by atoms with E-state index in [0.29, 0.717) is 0 Å². The summed E-state index contributed by atoms with van der Waals surface area (Å²) in [6, 6.07) is 6.81. The molecule has 5 heteroatoms. The minimum absolute atomic E-state index is 0.882. The second-order valence-electron chi connectivity index (χ2n) is 18.4. The van der Waals surface area contributed by atoms with Crippen molar-refractivity contribution in [1.82, 2.24) is 4.98 Å². The molecule has 0 saturated carbocycles. The maximum Gasteiger partial charge on any atom is 0.0860 e. The Balaban J connectivity index is -0.00000250. The van der Waals surface area contributed by atoms with Crippen LogP contribution in [0.5, 0.6) is 0 Å². The maximum atomic E-state index is 5.72. The van der Waals surface area contributed by atoms with Crippen molar-refractivity contribution in [3.8, 4) is 0 Å². The van der Waals surface area contributed by atoms with Gasteiger partial charge in [-0.05, 0) is 124 Å². The van der Waals surface area contributed by atoms with Gasteiger partial charge >= 0.3 is 0 Å². The minimum atomic E-state index is -0.972. The number of aromatic nitrogens is 1. The monoisotopic (exact) mass is 1000 g/mol. The molecule has 3 nitrogen and oxygen atoms in total. The number of pyridine rings is 1. The Bertz CT molecular complexity index is 1410. The fourth-order valence-electron chi connectivity index (χ4n) is 8.40. The molecule has 0 spiro atoms. The fraction of sp³-hybridized carbons (Fsp3) is 0.766. The van der Waals surface area contributed by atoms with Crippen molar-refractivity contribution in [3.05, 3.63) is 77.4 Å². The lowest BCUT2D eigenvalue weighted by Gasteiger charge is -2.42. The summed E-state index contributed by atoms with van der Waals surface area (Å²) in [5.41, 5.74) is 8.70. The highest BCUT2D eigenvalue weighted by molar-refractivity contribution is 8.34. The average Bonchev–Trinajstić information content (AvgIpc) is 3.39. The molecule has 1 rings (SSSR count). The van der Waals surface area contributed by atoms with E-state index in [1.165, 1.54) is 188 Å². The van der Waals surface area contributed by atoms with Crippen LogP contribution in [0.15, 0.2) is 76.0 Å². The van der Waals surface area contributed by atoms with E-state index in [2.05, 4.69) is 107 Å². The van der Waals surface area contributed by atoms with Crippen molar-refractivity contribution in [2.24, 2.45) is 9.98 Å². The summed E-state index contributed by atoms with van der Waals surface area (Å²) >= 11 is 0. The number of hydrogen-bond acceptors (Lipinski definition) is 3. The molecule has 1 aromatic heterocycles. The molecule has 0 amide bonds. The van der Waals surface area contributed by atoms with Gasteiger partial charge in [-0.2, -0.15) is 0 Å². The summed E-state index contributed by atoms with van der Waals surface area (Å²) in [5, 5.41) is 0. The normalized spacial score (nSPS) is 12.8. The first-order valence-electron chi connectivity index (χ1n) is 29.8. The molecule has 0 aliphatic carbocycles. The van der Waals surface area contributed by atoms with Crippen molar-refractivity contribution in [3.63, 3.8) is 0 Å². The Morgan fingerprint density at radius 2 is 0.768 bits per heavy atom. The van der Waals surface area contributed by atoms with Gasteiger partial charge in [0.2, 0.25) is 0 Å². The fourth-order valence-corrected chi connectivity index (χ4v) is 17.0. The van der Waals surface area contributed by atoms with E-state index < -0.39 is 20.1 Å². The first-order valence-corrected chi connectivity index (χ1v) is 34.4. The maximum absolute atomic E-state index is 5.72. The van der Waals surface area contributed by atoms with Gasteiger partial charge in [-0.1, -0.05) is 237 Å². The molecular weight excluding hydrogens is 875 g/mol. The van der Waals surface area contributed by atoms with Crippen LogP contribution in [0.25, 0.3) is 0 Å². The molecule has 0 radical (unpaired) electrons. The Morgan fingerprint density at radius 3 is 1.06 bits per heavy atom. The summed E-state index contributed by atoms with van der Waals surface area (Å²) in [6.45, 7) is 47.4. The molecule has 408 valence electrons. The molecule has 1 heterocycles. The third-order valence-corrected chi connectivity index (χ3v) is 21.6. The summed E-state index contributed by atoms with van der Waals surface area (Å²) in [6.07, 6.45) is 34.6. The highest BCUT2D eigenvalue weighted by Gasteiger charge is 2.29. The van der Waals surface area contributed by atoms with Crippen molar-refractivity contribution >= 4 is 31.5 Å². The van der Waals surface area contributed by atoms with Crippen LogP contribution in [0.2, 0.25) is 0 Å². The lowest BCUT2D eigenvalue weighted by molar-refractivity contribution is 0.688. The van der Waals surface area contributed by atoms with Gasteiger partial charge in [-0.25, -0.2) is 25.0 Å². The quantitative estimate of drug-likeness (QED) is 0.0368. The van der Waals surface area contributed by atoms with Crippen LogP contribution < -0.4 is 0 Å². The Labute approximate surface area is 439 Å². The number of hydrogen-bond donors (Lipinski definition) is 0. The first-order chi connectivity index (χ1) is 33.5. The summed E-state index contributed by atoms with van der Waals surface area (Å²) in [7, 11) is -1.94. The second-order valence-corrected chi connectivity index (χ2v) is 26.3. The van der Waals surface area contributed by atoms with Gasteiger partial charge in [0.15, 0.2) is 0 Å². The van der Waals surface area contributed by atoms with Crippen molar-refractivity contribution in [1.29, 1.82) is 0 Å². The van der Waals surface area contributed by atoms with Crippen LogP contribution in [0.1, 0.15) is 284 Å². The van der Waals surface area contributed by atoms with E-state index in [1.807, 2.05) is 61.5 Å². The van der Waals surface area contributed by atoms with Crippen LogP contribution in [-0.4, -0.2) is 62.4 Å². The van der Waals surface area contributed by atoms with Gasteiger partial charge in [0.1, 0.15) is 0 Å². The number of unbranched alkanes of at least 4 members (excludes halogenated alkanes) is 17. The van der Waals surface area contributed by atoms with E-state index in [4.69, 9.17) is 15.0 Å². The molecular formula is C64H125N3S2. The largest absolute Gasteiger partial charge is 0.255 e. The zero-order valence-corrected chi connectivity index (χ0v) is 52.0.